The molecule has 1 amide bonds. The second kappa shape index (κ2) is 42.7. The number of carbonyl (C=O) groups excluding carboxylic acids is 2. The van der Waals surface area contributed by atoms with Crippen molar-refractivity contribution in [3.63, 3.8) is 0 Å². The van der Waals surface area contributed by atoms with E-state index in [1.807, 2.05) is 0 Å². The van der Waals surface area contributed by atoms with E-state index in [-0.39, 0.29) is 24.9 Å². The molecule has 0 spiro atoms. The first-order valence-electron chi connectivity index (χ1n) is 23.0. The van der Waals surface area contributed by atoms with Crippen molar-refractivity contribution in [3.8, 4) is 0 Å². The first kappa shape index (κ1) is 52.6. The number of ether oxygens (including phenoxy) is 1. The molecule has 6 nitrogen and oxygen atoms in total. The van der Waals surface area contributed by atoms with Gasteiger partial charge in [0.2, 0.25) is 5.91 Å². The Morgan fingerprint density at radius 2 is 1.07 bits per heavy atom. The van der Waals surface area contributed by atoms with Crippen molar-refractivity contribution in [2.24, 2.45) is 0 Å². The van der Waals surface area contributed by atoms with Gasteiger partial charge in [0, 0.05) is 6.42 Å². The van der Waals surface area contributed by atoms with Gasteiger partial charge in [-0.1, -0.05) is 191 Å². The lowest BCUT2D eigenvalue weighted by molar-refractivity contribution is -0.151. The fraction of sp³-hybridized carbons (Fsp3) is 0.755. The predicted octanol–water partition coefficient (Wildman–Crippen LogP) is 13.3. The molecular weight excluding hydrogens is 683 g/mol. The van der Waals surface area contributed by atoms with Gasteiger partial charge in [-0.2, -0.15) is 0 Å². The number of nitrogens with one attached hydrogen (secondary N) is 1. The summed E-state index contributed by atoms with van der Waals surface area (Å²) in [6, 6.07) is -0.710. The molecule has 0 heterocycles. The second-order valence-electron chi connectivity index (χ2n) is 15.5. The van der Waals surface area contributed by atoms with Crippen LogP contribution in [0.5, 0.6) is 0 Å². The largest absolute Gasteiger partial charge is 0.462 e. The molecule has 0 aromatic heterocycles. The molecule has 3 unspecified atom stereocenters. The fourth-order valence-corrected chi connectivity index (χ4v) is 6.70. The van der Waals surface area contributed by atoms with Crippen molar-refractivity contribution in [1.29, 1.82) is 0 Å². The highest BCUT2D eigenvalue weighted by Crippen LogP contribution is 2.17. The minimum absolute atomic E-state index is 0.0578. The average molecular weight is 770 g/mol. The summed E-state index contributed by atoms with van der Waals surface area (Å²) in [5.41, 5.74) is 0. The van der Waals surface area contributed by atoms with Crippen molar-refractivity contribution in [2.45, 2.75) is 232 Å². The number of hydrogen-bond donors (Lipinski definition) is 3. The molecule has 0 aliphatic heterocycles. The highest BCUT2D eigenvalue weighted by atomic mass is 16.5. The van der Waals surface area contributed by atoms with Crippen molar-refractivity contribution in [3.05, 3.63) is 60.8 Å². The summed E-state index contributed by atoms with van der Waals surface area (Å²) in [4.78, 5) is 26.0. The number of aliphatic hydroxyl groups excluding tert-OH is 2. The van der Waals surface area contributed by atoms with Gasteiger partial charge >= 0.3 is 5.97 Å². The van der Waals surface area contributed by atoms with Crippen LogP contribution in [0.25, 0.3) is 0 Å². The Hall–Kier alpha value is -2.44. The molecule has 0 radical (unpaired) electrons. The summed E-state index contributed by atoms with van der Waals surface area (Å²) >= 11 is 0. The van der Waals surface area contributed by atoms with Crippen LogP contribution in [0.15, 0.2) is 60.8 Å². The minimum Gasteiger partial charge on any atom is -0.462 e. The van der Waals surface area contributed by atoms with Gasteiger partial charge in [0.1, 0.15) is 6.10 Å². The smallest absolute Gasteiger partial charge is 0.306 e. The lowest BCUT2D eigenvalue weighted by Crippen LogP contribution is -2.46. The topological polar surface area (TPSA) is 95.9 Å². The first-order chi connectivity index (χ1) is 27.0. The van der Waals surface area contributed by atoms with Gasteiger partial charge in [-0.05, 0) is 70.6 Å². The van der Waals surface area contributed by atoms with Crippen LogP contribution in [0, 0.1) is 0 Å². The van der Waals surface area contributed by atoms with Crippen LogP contribution in [0.3, 0.4) is 0 Å². The Bertz CT molecular complexity index is 999. The molecule has 0 bridgehead atoms. The third-order valence-corrected chi connectivity index (χ3v) is 10.2. The predicted molar refractivity (Wildman–Crippen MR) is 236 cm³/mol. The summed E-state index contributed by atoms with van der Waals surface area (Å²) in [5, 5.41) is 23.6. The summed E-state index contributed by atoms with van der Waals surface area (Å²) in [5.74, 6) is -0.516. The van der Waals surface area contributed by atoms with Gasteiger partial charge in [-0.25, -0.2) is 0 Å². The van der Waals surface area contributed by atoms with Gasteiger partial charge in [0.15, 0.2) is 0 Å². The van der Waals surface area contributed by atoms with Crippen LogP contribution in [-0.4, -0.2) is 46.9 Å². The average Bonchev–Trinajstić information content (AvgIpc) is 3.18. The molecule has 6 heteroatoms. The molecule has 0 saturated heterocycles. The van der Waals surface area contributed by atoms with Gasteiger partial charge < -0.3 is 20.3 Å². The number of rotatable bonds is 40. The number of carbonyl (C=O) groups is 2. The molecule has 55 heavy (non-hydrogen) atoms. The van der Waals surface area contributed by atoms with E-state index in [0.717, 1.165) is 103 Å². The zero-order valence-electron chi connectivity index (χ0n) is 36.0. The monoisotopic (exact) mass is 770 g/mol. The number of hydrogen-bond acceptors (Lipinski definition) is 5. The zero-order chi connectivity index (χ0) is 40.3. The Kier molecular flexibility index (Phi) is 40.8. The molecule has 0 aliphatic carbocycles. The minimum atomic E-state index is -0.794. The van der Waals surface area contributed by atoms with E-state index in [1.54, 1.807) is 0 Å². The maximum Gasteiger partial charge on any atom is 0.306 e. The Labute approximate surface area is 339 Å². The maximum absolute atomic E-state index is 13.1. The van der Waals surface area contributed by atoms with Crippen LogP contribution in [0.4, 0.5) is 0 Å². The first-order valence-corrected chi connectivity index (χ1v) is 23.0. The Balaban J connectivity index is 4.65. The molecule has 0 rings (SSSR count). The number of amides is 1. The van der Waals surface area contributed by atoms with Gasteiger partial charge in [0.25, 0.3) is 0 Å². The zero-order valence-corrected chi connectivity index (χ0v) is 36.0. The molecule has 0 aliphatic rings. The van der Waals surface area contributed by atoms with Crippen LogP contribution >= 0.6 is 0 Å². The molecular formula is C49H87NO5. The fourth-order valence-electron chi connectivity index (χ4n) is 6.70. The van der Waals surface area contributed by atoms with E-state index < -0.39 is 18.2 Å². The van der Waals surface area contributed by atoms with E-state index in [2.05, 4.69) is 86.8 Å². The number of allylic oxidation sites excluding steroid dienone is 10. The van der Waals surface area contributed by atoms with E-state index >= 15 is 0 Å². The Morgan fingerprint density at radius 1 is 0.564 bits per heavy atom. The SMILES string of the molecule is CC/C=C/C=C/C=C\CCCCCCCC(=O)OC(CCCCCCC/C=C/C/C=C/CC)CC(=O)NC(CO)C(O)CCCCCCCCCCCCC. The quantitative estimate of drug-likeness (QED) is 0.0250. The van der Waals surface area contributed by atoms with Crippen molar-refractivity contribution >= 4 is 11.9 Å². The summed E-state index contributed by atoms with van der Waals surface area (Å²) < 4.78 is 5.89. The maximum atomic E-state index is 13.1. The van der Waals surface area contributed by atoms with Gasteiger partial charge in [0.05, 0.1) is 25.2 Å². The van der Waals surface area contributed by atoms with E-state index in [4.69, 9.17) is 4.74 Å². The van der Waals surface area contributed by atoms with Crippen LogP contribution in [0.1, 0.15) is 213 Å². The molecule has 0 aromatic rings. The standard InChI is InChI=1S/C49H87NO5/c1-4-7-10-13-16-19-22-24-27-30-33-36-39-42-49(54)55-45(40-37-34-31-28-26-23-20-17-14-11-8-5-2)43-48(53)50-46(44-51)47(52)41-38-35-32-29-25-21-18-15-12-9-6-3/h7-8,10-11,13,16-17,19-20,22,45-47,51-52H,4-6,9,12,14-15,18,21,23-44H2,1-3H3,(H,50,53)/b10-7+,11-8+,16-13+,20-17+,22-19-. The summed E-state index contributed by atoms with van der Waals surface area (Å²) in [7, 11) is 0. The van der Waals surface area contributed by atoms with Crippen molar-refractivity contribution in [1.82, 2.24) is 5.32 Å². The number of unbranched alkanes of at least 4 members (excludes halogenated alkanes) is 20. The summed E-state index contributed by atoms with van der Waals surface area (Å²) in [6.07, 6.45) is 51.3. The normalized spacial score (nSPS) is 13.9. The third-order valence-electron chi connectivity index (χ3n) is 10.2. The highest BCUT2D eigenvalue weighted by molar-refractivity contribution is 5.77. The van der Waals surface area contributed by atoms with Crippen molar-refractivity contribution in [2.75, 3.05) is 6.61 Å². The van der Waals surface area contributed by atoms with E-state index in [0.29, 0.717) is 19.3 Å². The second-order valence-corrected chi connectivity index (χ2v) is 15.5. The molecule has 0 fully saturated rings. The lowest BCUT2D eigenvalue weighted by Gasteiger charge is -2.24. The Morgan fingerprint density at radius 3 is 1.67 bits per heavy atom. The molecule has 3 atom stereocenters. The number of esters is 1. The van der Waals surface area contributed by atoms with Crippen LogP contribution in [-0.2, 0) is 14.3 Å². The van der Waals surface area contributed by atoms with Gasteiger partial charge in [-0.3, -0.25) is 9.59 Å². The third kappa shape index (κ3) is 38.2. The summed E-state index contributed by atoms with van der Waals surface area (Å²) in [6.45, 7) is 6.21. The molecule has 0 saturated carbocycles. The molecule has 0 aromatic carbocycles. The van der Waals surface area contributed by atoms with E-state index in [9.17, 15) is 19.8 Å². The van der Waals surface area contributed by atoms with Gasteiger partial charge in [-0.15, -0.1) is 0 Å². The number of aliphatic hydroxyl groups is 2. The van der Waals surface area contributed by atoms with E-state index in [1.165, 1.54) is 64.2 Å². The molecule has 3 N–H and O–H groups in total. The van der Waals surface area contributed by atoms with Crippen molar-refractivity contribution < 1.29 is 24.5 Å². The van der Waals surface area contributed by atoms with Crippen LogP contribution < -0.4 is 5.32 Å². The lowest BCUT2D eigenvalue weighted by atomic mass is 10.0. The van der Waals surface area contributed by atoms with Crippen LogP contribution in [0.2, 0.25) is 0 Å². The molecule has 318 valence electrons. The highest BCUT2D eigenvalue weighted by Gasteiger charge is 2.24.